The minimum atomic E-state index is -4.43. The first-order valence-corrected chi connectivity index (χ1v) is 13.3. The SMILES string of the molecule is CCCc1nn(-c2ccc(C(F)(F)F)cn2)cc1CCCOc1cc(CCC(=O)O)n(C2CCCCC2)n1. The number of ether oxygens (including phenoxy) is 1. The van der Waals surface area contributed by atoms with Gasteiger partial charge in [0.1, 0.15) is 0 Å². The van der Waals surface area contributed by atoms with Gasteiger partial charge in [-0.1, -0.05) is 32.6 Å². The highest BCUT2D eigenvalue weighted by Crippen LogP contribution is 2.31. The average molecular weight is 534 g/mol. The number of carbonyl (C=O) groups is 1. The van der Waals surface area contributed by atoms with Crippen molar-refractivity contribution in [3.63, 3.8) is 0 Å². The molecule has 8 nitrogen and oxygen atoms in total. The van der Waals surface area contributed by atoms with Crippen LogP contribution in [-0.2, 0) is 30.2 Å². The van der Waals surface area contributed by atoms with Gasteiger partial charge in [-0.3, -0.25) is 9.48 Å². The molecule has 0 amide bonds. The first-order valence-electron chi connectivity index (χ1n) is 13.3. The number of carboxylic acids is 1. The molecule has 3 aromatic rings. The number of aromatic nitrogens is 5. The predicted molar refractivity (Wildman–Crippen MR) is 134 cm³/mol. The number of nitrogens with zero attached hydrogens (tertiary/aromatic N) is 5. The Labute approximate surface area is 219 Å². The zero-order valence-electron chi connectivity index (χ0n) is 21.6. The van der Waals surface area contributed by atoms with E-state index in [1.54, 1.807) is 0 Å². The van der Waals surface area contributed by atoms with Crippen LogP contribution >= 0.6 is 0 Å². The third-order valence-electron chi connectivity index (χ3n) is 6.82. The number of aliphatic carboxylic acids is 1. The van der Waals surface area contributed by atoms with Gasteiger partial charge in [0, 0.05) is 24.2 Å². The lowest BCUT2D eigenvalue weighted by Gasteiger charge is -2.23. The molecule has 0 radical (unpaired) electrons. The number of hydrogen-bond donors (Lipinski definition) is 1. The number of carboxylic acid groups (broad SMARTS) is 1. The molecule has 11 heteroatoms. The second kappa shape index (κ2) is 12.4. The summed E-state index contributed by atoms with van der Waals surface area (Å²) in [5, 5.41) is 18.4. The number of aryl methyl sites for hydroxylation is 3. The van der Waals surface area contributed by atoms with Gasteiger partial charge in [-0.25, -0.2) is 9.67 Å². The molecule has 1 fully saturated rings. The molecule has 1 N–H and O–H groups in total. The van der Waals surface area contributed by atoms with Crippen molar-refractivity contribution in [3.05, 3.63) is 53.1 Å². The molecule has 0 aliphatic heterocycles. The van der Waals surface area contributed by atoms with Crippen molar-refractivity contribution in [1.82, 2.24) is 24.5 Å². The Morgan fingerprint density at radius 2 is 1.92 bits per heavy atom. The van der Waals surface area contributed by atoms with Gasteiger partial charge in [0.15, 0.2) is 5.82 Å². The van der Waals surface area contributed by atoms with Gasteiger partial charge in [0.2, 0.25) is 5.88 Å². The van der Waals surface area contributed by atoms with Gasteiger partial charge in [-0.2, -0.15) is 18.3 Å². The first-order chi connectivity index (χ1) is 18.2. The quantitative estimate of drug-likeness (QED) is 0.288. The third-order valence-corrected chi connectivity index (χ3v) is 6.82. The predicted octanol–water partition coefficient (Wildman–Crippen LogP) is 5.97. The minimum Gasteiger partial charge on any atom is -0.481 e. The largest absolute Gasteiger partial charge is 0.481 e. The highest BCUT2D eigenvalue weighted by atomic mass is 19.4. The summed E-state index contributed by atoms with van der Waals surface area (Å²) in [6.07, 6.45) is 7.30. The van der Waals surface area contributed by atoms with E-state index in [4.69, 9.17) is 9.84 Å². The maximum Gasteiger partial charge on any atom is 0.417 e. The topological polar surface area (TPSA) is 95.1 Å². The molecule has 1 saturated carbocycles. The lowest BCUT2D eigenvalue weighted by molar-refractivity contribution is -0.138. The fraction of sp³-hybridized carbons (Fsp3) is 0.556. The van der Waals surface area contributed by atoms with Crippen molar-refractivity contribution in [3.8, 4) is 11.7 Å². The van der Waals surface area contributed by atoms with Gasteiger partial charge < -0.3 is 9.84 Å². The second-order valence-corrected chi connectivity index (χ2v) is 9.75. The van der Waals surface area contributed by atoms with Gasteiger partial charge in [0.25, 0.3) is 0 Å². The van der Waals surface area contributed by atoms with Crippen LogP contribution in [0.25, 0.3) is 5.82 Å². The van der Waals surface area contributed by atoms with Gasteiger partial charge in [-0.05, 0) is 56.2 Å². The molecule has 4 rings (SSSR count). The molecular weight excluding hydrogens is 499 g/mol. The molecule has 0 spiro atoms. The van der Waals surface area contributed by atoms with Crippen LogP contribution in [0.3, 0.4) is 0 Å². The van der Waals surface area contributed by atoms with Crippen molar-refractivity contribution in [2.75, 3.05) is 6.61 Å². The highest BCUT2D eigenvalue weighted by Gasteiger charge is 2.30. The molecule has 1 aliphatic carbocycles. The molecule has 3 aromatic heterocycles. The molecule has 206 valence electrons. The summed E-state index contributed by atoms with van der Waals surface area (Å²) in [5.74, 6) is 0.00757. The maximum atomic E-state index is 12.9. The zero-order chi connectivity index (χ0) is 27.1. The van der Waals surface area contributed by atoms with E-state index < -0.39 is 17.7 Å². The van der Waals surface area contributed by atoms with Crippen molar-refractivity contribution in [2.45, 2.75) is 89.8 Å². The third kappa shape index (κ3) is 7.14. The Balaban J connectivity index is 1.39. The van der Waals surface area contributed by atoms with Gasteiger partial charge in [0.05, 0.1) is 30.3 Å². The Kier molecular flexibility index (Phi) is 9.06. The van der Waals surface area contributed by atoms with Gasteiger partial charge >= 0.3 is 12.1 Å². The summed E-state index contributed by atoms with van der Waals surface area (Å²) in [4.78, 5) is 15.1. The van der Waals surface area contributed by atoms with E-state index in [1.165, 1.54) is 17.2 Å². The Bertz CT molecular complexity index is 1200. The monoisotopic (exact) mass is 533 g/mol. The normalized spacial score (nSPS) is 14.6. The zero-order valence-corrected chi connectivity index (χ0v) is 21.6. The second-order valence-electron chi connectivity index (χ2n) is 9.75. The summed E-state index contributed by atoms with van der Waals surface area (Å²) < 4.78 is 48.1. The number of rotatable bonds is 12. The van der Waals surface area contributed by atoms with Crippen LogP contribution in [0.1, 0.15) is 86.8 Å². The summed E-state index contributed by atoms with van der Waals surface area (Å²) in [6.45, 7) is 2.47. The number of hydrogen-bond acceptors (Lipinski definition) is 5. The van der Waals surface area contributed by atoms with Crippen LogP contribution < -0.4 is 4.74 Å². The van der Waals surface area contributed by atoms with Crippen molar-refractivity contribution < 1.29 is 27.8 Å². The van der Waals surface area contributed by atoms with Crippen molar-refractivity contribution >= 4 is 5.97 Å². The molecule has 0 saturated heterocycles. The van der Waals surface area contributed by atoms with E-state index in [0.29, 0.717) is 37.6 Å². The van der Waals surface area contributed by atoms with Crippen LogP contribution in [0.2, 0.25) is 0 Å². The minimum absolute atomic E-state index is 0.0514. The lowest BCUT2D eigenvalue weighted by atomic mass is 9.95. The van der Waals surface area contributed by atoms with E-state index in [1.807, 2.05) is 23.9 Å². The number of alkyl halides is 3. The molecule has 38 heavy (non-hydrogen) atoms. The van der Waals surface area contributed by atoms with E-state index in [2.05, 4.69) is 15.2 Å². The highest BCUT2D eigenvalue weighted by molar-refractivity contribution is 5.67. The molecule has 1 aliphatic rings. The summed E-state index contributed by atoms with van der Waals surface area (Å²) in [6, 6.07) is 4.47. The van der Waals surface area contributed by atoms with Crippen molar-refractivity contribution in [2.24, 2.45) is 0 Å². The van der Waals surface area contributed by atoms with Gasteiger partial charge in [-0.15, -0.1) is 5.10 Å². The number of halogens is 3. The molecule has 3 heterocycles. The molecular formula is C27H34F3N5O3. The van der Waals surface area contributed by atoms with Crippen LogP contribution in [-0.4, -0.2) is 42.2 Å². The summed E-state index contributed by atoms with van der Waals surface area (Å²) in [7, 11) is 0. The van der Waals surface area contributed by atoms with E-state index >= 15 is 0 Å². The van der Waals surface area contributed by atoms with Crippen molar-refractivity contribution in [1.29, 1.82) is 0 Å². The van der Waals surface area contributed by atoms with Crippen LogP contribution in [0.5, 0.6) is 5.88 Å². The molecule has 0 bridgehead atoms. The van der Waals surface area contributed by atoms with E-state index in [0.717, 1.165) is 67.7 Å². The summed E-state index contributed by atoms with van der Waals surface area (Å²) >= 11 is 0. The fourth-order valence-corrected chi connectivity index (χ4v) is 4.89. The Morgan fingerprint density at radius 3 is 2.58 bits per heavy atom. The molecule has 0 atom stereocenters. The smallest absolute Gasteiger partial charge is 0.417 e. The standard InChI is InChI=1S/C27H34F3N5O3/c1-2-7-23-19(18-34(32-23)24-13-11-20(17-31-24)27(28,29)30)8-6-15-38-25-16-22(12-14-26(36)37)35(33-25)21-9-4-3-5-10-21/h11,13,16-18,21H,2-10,12,14-15H2,1H3,(H,36,37). The number of pyridine rings is 1. The Hall–Kier alpha value is -3.37. The van der Waals surface area contributed by atoms with Crippen LogP contribution in [0.15, 0.2) is 30.6 Å². The van der Waals surface area contributed by atoms with E-state index in [-0.39, 0.29) is 12.5 Å². The van der Waals surface area contributed by atoms with Crippen LogP contribution in [0.4, 0.5) is 13.2 Å². The lowest BCUT2D eigenvalue weighted by Crippen LogP contribution is -2.17. The Morgan fingerprint density at radius 1 is 1.13 bits per heavy atom. The molecule has 0 aromatic carbocycles. The molecule has 0 unspecified atom stereocenters. The first kappa shape index (κ1) is 27.7. The van der Waals surface area contributed by atoms with Crippen LogP contribution in [0, 0.1) is 0 Å². The summed E-state index contributed by atoms with van der Waals surface area (Å²) in [5.41, 5.74) is 2.00. The average Bonchev–Trinajstić information content (AvgIpc) is 3.50. The maximum absolute atomic E-state index is 12.9. The fourth-order valence-electron chi connectivity index (χ4n) is 4.89. The van der Waals surface area contributed by atoms with E-state index in [9.17, 15) is 18.0 Å².